The van der Waals surface area contributed by atoms with E-state index in [0.29, 0.717) is 12.0 Å². The monoisotopic (exact) mass is 537 g/mol. The molecule has 12 N–H and O–H groups in total. The number of nitrogens with two attached hydrogens (primary N) is 3. The van der Waals surface area contributed by atoms with Gasteiger partial charge in [0.15, 0.2) is 5.96 Å². The molecule has 0 aliphatic heterocycles. The van der Waals surface area contributed by atoms with Gasteiger partial charge in [-0.05, 0) is 43.4 Å². The summed E-state index contributed by atoms with van der Waals surface area (Å²) >= 11 is 0. The molecule has 0 aliphatic rings. The number of carboxylic acids is 1. The predicted octanol–water partition coefficient (Wildman–Crippen LogP) is -2.11. The van der Waals surface area contributed by atoms with Gasteiger partial charge in [0.2, 0.25) is 17.7 Å². The van der Waals surface area contributed by atoms with Gasteiger partial charge in [0.25, 0.3) is 0 Å². The first kappa shape index (κ1) is 32.1. The topological polar surface area (TPSA) is 255 Å². The van der Waals surface area contributed by atoms with Gasteiger partial charge >= 0.3 is 5.97 Å². The van der Waals surface area contributed by atoms with Crippen molar-refractivity contribution in [3.63, 3.8) is 0 Å². The number of rotatable bonds is 15. The number of benzene rings is 1. The quantitative estimate of drug-likeness (QED) is 0.0668. The van der Waals surface area contributed by atoms with Crippen molar-refractivity contribution >= 4 is 29.7 Å². The molecule has 0 saturated carbocycles. The number of carbonyl (C=O) groups excluding carboxylic acids is 3. The van der Waals surface area contributed by atoms with Gasteiger partial charge in [0, 0.05) is 13.0 Å². The van der Waals surface area contributed by atoms with E-state index in [9.17, 15) is 34.5 Å². The van der Waals surface area contributed by atoms with Gasteiger partial charge in [-0.2, -0.15) is 0 Å². The molecule has 1 aromatic carbocycles. The number of hydrogen-bond donors (Lipinski definition) is 9. The van der Waals surface area contributed by atoms with Crippen molar-refractivity contribution in [3.05, 3.63) is 29.8 Å². The van der Waals surface area contributed by atoms with Crippen molar-refractivity contribution in [3.8, 4) is 5.75 Å². The number of aliphatic carboxylic acids is 1. The highest BCUT2D eigenvalue weighted by molar-refractivity contribution is 5.94. The maximum Gasteiger partial charge on any atom is 0.326 e. The van der Waals surface area contributed by atoms with E-state index in [1.54, 1.807) is 13.8 Å². The molecule has 212 valence electrons. The van der Waals surface area contributed by atoms with Gasteiger partial charge in [-0.1, -0.05) is 26.0 Å². The summed E-state index contributed by atoms with van der Waals surface area (Å²) in [6.45, 7) is 4.89. The largest absolute Gasteiger partial charge is 0.508 e. The van der Waals surface area contributed by atoms with Crippen molar-refractivity contribution in [1.82, 2.24) is 16.0 Å². The van der Waals surface area contributed by atoms with E-state index in [4.69, 9.17) is 17.2 Å². The second-order valence-electron chi connectivity index (χ2n) is 9.28. The van der Waals surface area contributed by atoms with Crippen LogP contribution >= 0.6 is 0 Å². The number of aliphatic hydroxyl groups is 1. The fourth-order valence-electron chi connectivity index (χ4n) is 3.42. The number of phenolic OH excluding ortho intramolecular Hbond substituents is 1. The number of carbonyl (C=O) groups is 4. The van der Waals surface area contributed by atoms with Crippen molar-refractivity contribution in [1.29, 1.82) is 0 Å². The molecule has 1 rings (SSSR count). The highest BCUT2D eigenvalue weighted by atomic mass is 16.4. The summed E-state index contributed by atoms with van der Waals surface area (Å²) < 4.78 is 0. The number of aromatic hydroxyl groups is 1. The highest BCUT2D eigenvalue weighted by Crippen LogP contribution is 2.12. The Morgan fingerprint density at radius 3 is 1.97 bits per heavy atom. The van der Waals surface area contributed by atoms with Crippen LogP contribution in [0.2, 0.25) is 0 Å². The lowest BCUT2D eigenvalue weighted by molar-refractivity contribution is -0.143. The standard InChI is InChI=1S/C24H39N7O7/c1-12(2)18(30-20(34)16(25)5-4-10-28-24(26)27)21(35)31-19(13(3)32)22(36)29-17(23(37)38)11-14-6-8-15(33)9-7-14/h6-9,12-13,16-19,32-33H,4-5,10-11,25H2,1-3H3,(H,29,36)(H,30,34)(H,31,35)(H,37,38)(H4,26,27,28). The molecule has 38 heavy (non-hydrogen) atoms. The third kappa shape index (κ3) is 11.0. The minimum atomic E-state index is -1.50. The number of nitrogens with zero attached hydrogens (tertiary/aromatic N) is 1. The number of amides is 3. The summed E-state index contributed by atoms with van der Waals surface area (Å²) in [6.07, 6.45) is -0.799. The first-order chi connectivity index (χ1) is 17.7. The Morgan fingerprint density at radius 2 is 1.47 bits per heavy atom. The number of guanidine groups is 1. The second-order valence-corrected chi connectivity index (χ2v) is 9.28. The highest BCUT2D eigenvalue weighted by Gasteiger charge is 2.33. The summed E-state index contributed by atoms with van der Waals surface area (Å²) in [5, 5.41) is 36.4. The number of phenols is 1. The average molecular weight is 538 g/mol. The number of aliphatic imine (C=N–C) groups is 1. The molecule has 0 saturated heterocycles. The van der Waals surface area contributed by atoms with Gasteiger partial charge < -0.3 is 48.5 Å². The van der Waals surface area contributed by atoms with Crippen LogP contribution in [0.25, 0.3) is 0 Å². The maximum absolute atomic E-state index is 13.0. The van der Waals surface area contributed by atoms with Gasteiger partial charge in [0.05, 0.1) is 12.1 Å². The molecule has 5 atom stereocenters. The molecule has 0 fully saturated rings. The molecule has 0 radical (unpaired) electrons. The molecule has 3 amide bonds. The van der Waals surface area contributed by atoms with Crippen molar-refractivity contribution in [2.24, 2.45) is 28.1 Å². The third-order valence-electron chi connectivity index (χ3n) is 5.60. The molecule has 5 unspecified atom stereocenters. The van der Waals surface area contributed by atoms with Crippen molar-refractivity contribution in [2.75, 3.05) is 6.54 Å². The molecule has 14 heteroatoms. The van der Waals surface area contributed by atoms with E-state index in [2.05, 4.69) is 20.9 Å². The van der Waals surface area contributed by atoms with Crippen molar-refractivity contribution in [2.45, 2.75) is 70.3 Å². The summed E-state index contributed by atoms with van der Waals surface area (Å²) in [5.41, 5.74) is 16.9. The molecule has 14 nitrogen and oxygen atoms in total. The number of hydrogen-bond acceptors (Lipinski definition) is 8. The first-order valence-electron chi connectivity index (χ1n) is 12.1. The molecule has 0 aromatic heterocycles. The Labute approximate surface area is 221 Å². The van der Waals surface area contributed by atoms with Gasteiger partial charge in [-0.3, -0.25) is 19.4 Å². The van der Waals surface area contributed by atoms with Gasteiger partial charge in [-0.15, -0.1) is 0 Å². The van der Waals surface area contributed by atoms with E-state index in [0.717, 1.165) is 0 Å². The molecular weight excluding hydrogens is 498 g/mol. The van der Waals surface area contributed by atoms with E-state index in [1.807, 2.05) is 0 Å². The zero-order valence-corrected chi connectivity index (χ0v) is 21.8. The fraction of sp³-hybridized carbons (Fsp3) is 0.542. The lowest BCUT2D eigenvalue weighted by Crippen LogP contribution is -2.61. The smallest absolute Gasteiger partial charge is 0.326 e. The van der Waals surface area contributed by atoms with Crippen LogP contribution in [0.4, 0.5) is 0 Å². The predicted molar refractivity (Wildman–Crippen MR) is 140 cm³/mol. The Hall–Kier alpha value is -3.91. The van der Waals surface area contributed by atoms with Crippen LogP contribution in [0.15, 0.2) is 29.3 Å². The van der Waals surface area contributed by atoms with E-state index >= 15 is 0 Å². The molecule has 0 heterocycles. The summed E-state index contributed by atoms with van der Waals surface area (Å²) in [4.78, 5) is 54.0. The molecule has 0 bridgehead atoms. The Morgan fingerprint density at radius 1 is 0.921 bits per heavy atom. The van der Waals surface area contributed by atoms with Crippen LogP contribution in [0.1, 0.15) is 39.2 Å². The Kier molecular flexibility index (Phi) is 13.0. The Balaban J connectivity index is 2.87. The second kappa shape index (κ2) is 15.4. The Bertz CT molecular complexity index is 979. The molecular formula is C24H39N7O7. The number of nitrogens with one attached hydrogen (secondary N) is 3. The maximum atomic E-state index is 13.0. The summed E-state index contributed by atoms with van der Waals surface area (Å²) in [6, 6.07) is 0.868. The molecule has 0 aliphatic carbocycles. The van der Waals surface area contributed by atoms with Crippen LogP contribution < -0.4 is 33.2 Å². The third-order valence-corrected chi connectivity index (χ3v) is 5.60. The van der Waals surface area contributed by atoms with Crippen LogP contribution in [-0.4, -0.2) is 81.8 Å². The van der Waals surface area contributed by atoms with Crippen LogP contribution in [-0.2, 0) is 25.6 Å². The lowest BCUT2D eigenvalue weighted by Gasteiger charge is -2.28. The van der Waals surface area contributed by atoms with Gasteiger partial charge in [0.1, 0.15) is 23.9 Å². The van der Waals surface area contributed by atoms with Crippen molar-refractivity contribution < 1.29 is 34.5 Å². The molecule has 1 aromatic rings. The first-order valence-corrected chi connectivity index (χ1v) is 12.1. The lowest BCUT2D eigenvalue weighted by atomic mass is 10.0. The summed E-state index contributed by atoms with van der Waals surface area (Å²) in [7, 11) is 0. The van der Waals surface area contributed by atoms with Crippen LogP contribution in [0.3, 0.4) is 0 Å². The molecule has 0 spiro atoms. The average Bonchev–Trinajstić information content (AvgIpc) is 2.83. The zero-order chi connectivity index (χ0) is 29.0. The SMILES string of the molecule is CC(C)C(NC(=O)C(N)CCCN=C(N)N)C(=O)NC(C(=O)NC(Cc1ccc(O)cc1)C(=O)O)C(C)O. The summed E-state index contributed by atoms with van der Waals surface area (Å²) in [5.74, 6) is -4.10. The van der Waals surface area contributed by atoms with E-state index < -0.39 is 59.9 Å². The van der Waals surface area contributed by atoms with Crippen LogP contribution in [0, 0.1) is 5.92 Å². The normalized spacial score (nSPS) is 14.9. The van der Waals surface area contributed by atoms with Crippen LogP contribution in [0.5, 0.6) is 5.75 Å². The zero-order valence-electron chi connectivity index (χ0n) is 21.8. The number of aliphatic hydroxyl groups excluding tert-OH is 1. The van der Waals surface area contributed by atoms with E-state index in [1.165, 1.54) is 31.2 Å². The number of carboxylic acid groups (broad SMARTS) is 1. The fourth-order valence-corrected chi connectivity index (χ4v) is 3.42. The minimum absolute atomic E-state index is 0.000222. The minimum Gasteiger partial charge on any atom is -0.508 e. The van der Waals surface area contributed by atoms with E-state index in [-0.39, 0.29) is 31.1 Å². The van der Waals surface area contributed by atoms with Gasteiger partial charge in [-0.25, -0.2) is 4.79 Å².